The Morgan fingerprint density at radius 2 is 2.00 bits per heavy atom. The third-order valence-electron chi connectivity index (χ3n) is 3.38. The van der Waals surface area contributed by atoms with E-state index in [-0.39, 0.29) is 0 Å². The van der Waals surface area contributed by atoms with Crippen molar-refractivity contribution in [3.8, 4) is 0 Å². The summed E-state index contributed by atoms with van der Waals surface area (Å²) in [6.07, 6.45) is 0. The standard InChI is InChI=1S/C13H23N5/c1-11-3-4-12(14)13(16-11)15-5-6-18-9-7-17(2)8-10-18/h3-4H,5-10,14H2,1-2H3,(H,15,16). The topological polar surface area (TPSA) is 57.4 Å². The van der Waals surface area contributed by atoms with Crippen molar-refractivity contribution in [1.82, 2.24) is 14.8 Å². The lowest BCUT2D eigenvalue weighted by Gasteiger charge is -2.32. The number of nitrogens with one attached hydrogen (secondary N) is 1. The minimum Gasteiger partial charge on any atom is -0.396 e. The number of aryl methyl sites for hydroxylation is 1. The molecule has 0 aliphatic carbocycles. The maximum Gasteiger partial charge on any atom is 0.149 e. The minimum atomic E-state index is 0.721. The number of rotatable bonds is 4. The number of nitrogens with two attached hydrogens (primary N) is 1. The number of hydrogen-bond donors (Lipinski definition) is 2. The van der Waals surface area contributed by atoms with Crippen LogP contribution in [0.3, 0.4) is 0 Å². The Morgan fingerprint density at radius 3 is 2.72 bits per heavy atom. The highest BCUT2D eigenvalue weighted by Crippen LogP contribution is 2.14. The van der Waals surface area contributed by atoms with Crippen molar-refractivity contribution in [3.63, 3.8) is 0 Å². The number of anilines is 2. The van der Waals surface area contributed by atoms with Crippen molar-refractivity contribution < 1.29 is 0 Å². The van der Waals surface area contributed by atoms with E-state index in [1.165, 1.54) is 0 Å². The highest BCUT2D eigenvalue weighted by molar-refractivity contribution is 5.61. The fourth-order valence-electron chi connectivity index (χ4n) is 2.11. The average molecular weight is 249 g/mol. The van der Waals surface area contributed by atoms with E-state index in [1.807, 2.05) is 19.1 Å². The average Bonchev–Trinajstić information content (AvgIpc) is 2.36. The Balaban J connectivity index is 1.76. The molecule has 0 bridgehead atoms. The lowest BCUT2D eigenvalue weighted by atomic mass is 10.3. The van der Waals surface area contributed by atoms with Gasteiger partial charge in [-0.3, -0.25) is 4.90 Å². The third-order valence-corrected chi connectivity index (χ3v) is 3.38. The molecule has 1 saturated heterocycles. The third kappa shape index (κ3) is 3.58. The van der Waals surface area contributed by atoms with E-state index < -0.39 is 0 Å². The Kier molecular flexibility index (Phi) is 4.38. The lowest BCUT2D eigenvalue weighted by molar-refractivity contribution is 0.158. The number of hydrogen-bond acceptors (Lipinski definition) is 5. The van der Waals surface area contributed by atoms with Crippen LogP contribution in [0.5, 0.6) is 0 Å². The molecule has 1 aromatic heterocycles. The molecule has 3 N–H and O–H groups in total. The van der Waals surface area contributed by atoms with Crippen molar-refractivity contribution >= 4 is 11.5 Å². The summed E-state index contributed by atoms with van der Waals surface area (Å²) in [6, 6.07) is 3.83. The summed E-state index contributed by atoms with van der Waals surface area (Å²) in [5.41, 5.74) is 7.59. The van der Waals surface area contributed by atoms with Gasteiger partial charge in [0.25, 0.3) is 0 Å². The summed E-state index contributed by atoms with van der Waals surface area (Å²) in [6.45, 7) is 8.53. The van der Waals surface area contributed by atoms with Gasteiger partial charge in [-0.25, -0.2) is 4.98 Å². The van der Waals surface area contributed by atoms with Crippen LogP contribution in [0.4, 0.5) is 11.5 Å². The van der Waals surface area contributed by atoms with Gasteiger partial charge in [0.2, 0.25) is 0 Å². The molecule has 2 rings (SSSR count). The molecule has 0 amide bonds. The molecule has 100 valence electrons. The monoisotopic (exact) mass is 249 g/mol. The zero-order chi connectivity index (χ0) is 13.0. The van der Waals surface area contributed by atoms with E-state index in [2.05, 4.69) is 27.1 Å². The van der Waals surface area contributed by atoms with Crippen LogP contribution in [0.25, 0.3) is 0 Å². The zero-order valence-corrected chi connectivity index (χ0v) is 11.3. The van der Waals surface area contributed by atoms with Crippen LogP contribution in [0, 0.1) is 6.92 Å². The second-order valence-electron chi connectivity index (χ2n) is 4.96. The molecule has 0 aromatic carbocycles. The Labute approximate surface area is 109 Å². The van der Waals surface area contributed by atoms with Gasteiger partial charge in [-0.05, 0) is 26.1 Å². The molecular weight excluding hydrogens is 226 g/mol. The number of pyridine rings is 1. The predicted molar refractivity (Wildman–Crippen MR) is 75.8 cm³/mol. The van der Waals surface area contributed by atoms with E-state index >= 15 is 0 Å². The van der Waals surface area contributed by atoms with Crippen molar-refractivity contribution in [2.75, 3.05) is 57.4 Å². The number of nitrogens with zero attached hydrogens (tertiary/aromatic N) is 3. The Morgan fingerprint density at radius 1 is 1.28 bits per heavy atom. The van der Waals surface area contributed by atoms with Crippen LogP contribution in [0.15, 0.2) is 12.1 Å². The van der Waals surface area contributed by atoms with E-state index in [9.17, 15) is 0 Å². The summed E-state index contributed by atoms with van der Waals surface area (Å²) >= 11 is 0. The van der Waals surface area contributed by atoms with Gasteiger partial charge in [-0.15, -0.1) is 0 Å². The molecule has 0 unspecified atom stereocenters. The summed E-state index contributed by atoms with van der Waals surface area (Å²) in [5.74, 6) is 0.809. The molecule has 1 aliphatic heterocycles. The van der Waals surface area contributed by atoms with E-state index in [0.717, 1.165) is 56.5 Å². The van der Waals surface area contributed by atoms with Crippen molar-refractivity contribution in [2.24, 2.45) is 0 Å². The molecule has 0 radical (unpaired) electrons. The fraction of sp³-hybridized carbons (Fsp3) is 0.615. The maximum atomic E-state index is 5.88. The molecule has 18 heavy (non-hydrogen) atoms. The van der Waals surface area contributed by atoms with Crippen LogP contribution in [-0.4, -0.2) is 61.1 Å². The highest BCUT2D eigenvalue weighted by Gasteiger charge is 2.12. The van der Waals surface area contributed by atoms with Crippen molar-refractivity contribution in [1.29, 1.82) is 0 Å². The summed E-state index contributed by atoms with van der Waals surface area (Å²) in [5, 5.41) is 3.32. The van der Waals surface area contributed by atoms with Gasteiger partial charge < -0.3 is 16.0 Å². The highest BCUT2D eigenvalue weighted by atomic mass is 15.2. The Hall–Kier alpha value is -1.33. The summed E-state index contributed by atoms with van der Waals surface area (Å²) < 4.78 is 0. The molecule has 1 aliphatic rings. The summed E-state index contributed by atoms with van der Waals surface area (Å²) in [7, 11) is 2.17. The van der Waals surface area contributed by atoms with Crippen LogP contribution >= 0.6 is 0 Å². The van der Waals surface area contributed by atoms with Gasteiger partial charge in [0.1, 0.15) is 5.82 Å². The Bertz CT molecular complexity index is 385. The van der Waals surface area contributed by atoms with Crippen LogP contribution < -0.4 is 11.1 Å². The quantitative estimate of drug-likeness (QED) is 0.820. The summed E-state index contributed by atoms with van der Waals surface area (Å²) in [4.78, 5) is 9.24. The molecule has 5 nitrogen and oxygen atoms in total. The molecule has 0 spiro atoms. The largest absolute Gasteiger partial charge is 0.396 e. The first kappa shape index (κ1) is 13.1. The molecule has 1 fully saturated rings. The molecule has 1 aromatic rings. The fourth-order valence-corrected chi connectivity index (χ4v) is 2.11. The van der Waals surface area contributed by atoms with Gasteiger partial charge >= 0.3 is 0 Å². The van der Waals surface area contributed by atoms with Gasteiger partial charge in [0, 0.05) is 45.0 Å². The number of likely N-dealkylation sites (N-methyl/N-ethyl adjacent to an activating group) is 1. The van der Waals surface area contributed by atoms with Crippen LogP contribution in [-0.2, 0) is 0 Å². The predicted octanol–water partition coefficient (Wildman–Crippen LogP) is 0.632. The first-order chi connectivity index (χ1) is 8.65. The number of aromatic nitrogens is 1. The molecule has 5 heteroatoms. The van der Waals surface area contributed by atoms with E-state index in [0.29, 0.717) is 0 Å². The van der Waals surface area contributed by atoms with Gasteiger partial charge in [-0.1, -0.05) is 0 Å². The van der Waals surface area contributed by atoms with Gasteiger partial charge in [-0.2, -0.15) is 0 Å². The normalized spacial score (nSPS) is 17.9. The SMILES string of the molecule is Cc1ccc(N)c(NCCN2CCN(C)CC2)n1. The van der Waals surface area contributed by atoms with Crippen molar-refractivity contribution in [2.45, 2.75) is 6.92 Å². The zero-order valence-electron chi connectivity index (χ0n) is 11.3. The van der Waals surface area contributed by atoms with Gasteiger partial charge in [0.05, 0.1) is 5.69 Å². The molecule has 0 saturated carbocycles. The molecule has 0 atom stereocenters. The molecule has 2 heterocycles. The first-order valence-corrected chi connectivity index (χ1v) is 6.53. The minimum absolute atomic E-state index is 0.721. The number of piperazine rings is 1. The second-order valence-corrected chi connectivity index (χ2v) is 4.96. The van der Waals surface area contributed by atoms with Crippen LogP contribution in [0.2, 0.25) is 0 Å². The number of nitrogen functional groups attached to an aromatic ring is 1. The van der Waals surface area contributed by atoms with Gasteiger partial charge in [0.15, 0.2) is 0 Å². The smallest absolute Gasteiger partial charge is 0.149 e. The van der Waals surface area contributed by atoms with E-state index in [4.69, 9.17) is 5.73 Å². The second kappa shape index (κ2) is 6.02. The van der Waals surface area contributed by atoms with Crippen molar-refractivity contribution in [3.05, 3.63) is 17.8 Å². The molecular formula is C13H23N5. The maximum absolute atomic E-state index is 5.88. The van der Waals surface area contributed by atoms with Crippen LogP contribution in [0.1, 0.15) is 5.69 Å². The lowest BCUT2D eigenvalue weighted by Crippen LogP contribution is -2.45. The first-order valence-electron chi connectivity index (χ1n) is 6.53. The van der Waals surface area contributed by atoms with E-state index in [1.54, 1.807) is 0 Å².